The summed E-state index contributed by atoms with van der Waals surface area (Å²) in [5, 5.41) is 5.98. The van der Waals surface area contributed by atoms with Gasteiger partial charge in [0.15, 0.2) is 0 Å². The van der Waals surface area contributed by atoms with Gasteiger partial charge >= 0.3 is 0 Å². The molecular weight excluding hydrogens is 340 g/mol. The van der Waals surface area contributed by atoms with Crippen molar-refractivity contribution in [1.82, 2.24) is 15.3 Å². The van der Waals surface area contributed by atoms with Crippen molar-refractivity contribution in [1.29, 1.82) is 0 Å². The van der Waals surface area contributed by atoms with Gasteiger partial charge in [-0.15, -0.1) is 0 Å². The molecule has 0 atom stereocenters. The number of nitrogens with one attached hydrogen (secondary N) is 2. The Morgan fingerprint density at radius 1 is 0.889 bits per heavy atom. The van der Waals surface area contributed by atoms with E-state index in [0.717, 1.165) is 17.2 Å². The van der Waals surface area contributed by atoms with Gasteiger partial charge in [0.1, 0.15) is 11.5 Å². The zero-order valence-corrected chi connectivity index (χ0v) is 15.6. The van der Waals surface area contributed by atoms with Crippen LogP contribution in [0.4, 0.5) is 11.6 Å². The number of aromatic nitrogens is 2. The normalized spacial score (nSPS) is 10.9. The van der Waals surface area contributed by atoms with E-state index < -0.39 is 0 Å². The molecule has 0 bridgehead atoms. The zero-order valence-electron chi connectivity index (χ0n) is 15.6. The molecule has 3 rings (SSSR count). The molecule has 6 nitrogen and oxygen atoms in total. The lowest BCUT2D eigenvalue weighted by molar-refractivity contribution is 0.0919. The maximum Gasteiger partial charge on any atom is 0.254 e. The number of para-hydroxylation sites is 1. The third-order valence-electron chi connectivity index (χ3n) is 3.49. The fraction of sp³-hybridized carbons (Fsp3) is 0.190. The molecule has 0 unspecified atom stereocenters. The van der Waals surface area contributed by atoms with E-state index in [9.17, 15) is 4.79 Å². The molecule has 2 aromatic carbocycles. The van der Waals surface area contributed by atoms with E-state index in [2.05, 4.69) is 20.6 Å². The first-order chi connectivity index (χ1) is 12.9. The molecule has 1 heterocycles. The van der Waals surface area contributed by atoms with E-state index in [4.69, 9.17) is 4.74 Å². The summed E-state index contributed by atoms with van der Waals surface area (Å²) in [5.74, 6) is 1.74. The fourth-order valence-corrected chi connectivity index (χ4v) is 2.28. The molecule has 6 heteroatoms. The highest BCUT2D eigenvalue weighted by molar-refractivity contribution is 5.94. The summed E-state index contributed by atoms with van der Waals surface area (Å²) >= 11 is 0. The van der Waals surface area contributed by atoms with E-state index in [-0.39, 0.29) is 11.4 Å². The molecule has 0 spiro atoms. The van der Waals surface area contributed by atoms with Crippen LogP contribution in [0, 0.1) is 0 Å². The average molecular weight is 362 g/mol. The van der Waals surface area contributed by atoms with Crippen molar-refractivity contribution in [2.45, 2.75) is 26.3 Å². The number of carbonyl (C=O) groups is 1. The summed E-state index contributed by atoms with van der Waals surface area (Å²) in [7, 11) is 0. The van der Waals surface area contributed by atoms with Gasteiger partial charge in [-0.3, -0.25) is 4.79 Å². The van der Waals surface area contributed by atoms with Gasteiger partial charge in [-0.25, -0.2) is 9.97 Å². The fourth-order valence-electron chi connectivity index (χ4n) is 2.28. The van der Waals surface area contributed by atoms with Gasteiger partial charge in [0.2, 0.25) is 5.95 Å². The van der Waals surface area contributed by atoms with Gasteiger partial charge in [-0.05, 0) is 57.2 Å². The van der Waals surface area contributed by atoms with Crippen LogP contribution in [-0.4, -0.2) is 21.4 Å². The number of rotatable bonds is 5. The largest absolute Gasteiger partial charge is 0.457 e. The molecule has 138 valence electrons. The Morgan fingerprint density at radius 2 is 1.48 bits per heavy atom. The van der Waals surface area contributed by atoms with Crippen molar-refractivity contribution in [3.05, 3.63) is 72.6 Å². The molecular formula is C21H22N4O2. The number of hydrogen-bond acceptors (Lipinski definition) is 5. The quantitative estimate of drug-likeness (QED) is 0.697. The Labute approximate surface area is 158 Å². The number of amides is 1. The molecule has 1 aromatic heterocycles. The summed E-state index contributed by atoms with van der Waals surface area (Å²) in [6, 6.07) is 17.1. The lowest BCUT2D eigenvalue weighted by Gasteiger charge is -2.20. The molecule has 0 radical (unpaired) electrons. The van der Waals surface area contributed by atoms with Gasteiger partial charge in [0.25, 0.3) is 5.91 Å². The number of anilines is 2. The molecule has 1 amide bonds. The lowest BCUT2D eigenvalue weighted by atomic mass is 10.1. The number of carbonyl (C=O) groups excluding carboxylic acids is 1. The number of ether oxygens (including phenoxy) is 1. The first-order valence-corrected chi connectivity index (χ1v) is 8.64. The highest BCUT2D eigenvalue weighted by atomic mass is 16.5. The minimum atomic E-state index is -0.308. The first kappa shape index (κ1) is 18.4. The second-order valence-corrected chi connectivity index (χ2v) is 7.06. The van der Waals surface area contributed by atoms with E-state index in [1.54, 1.807) is 0 Å². The van der Waals surface area contributed by atoms with Crippen molar-refractivity contribution in [2.24, 2.45) is 0 Å². The second kappa shape index (κ2) is 7.86. The number of benzene rings is 2. The van der Waals surface area contributed by atoms with Gasteiger partial charge in [0.05, 0.1) is 5.56 Å². The average Bonchev–Trinajstić information content (AvgIpc) is 2.63. The standard InChI is InChI=1S/C21H22N4O2/c1-21(2,3)25-19(26)15-13-22-20(23-14-15)24-16-9-11-18(12-10-16)27-17-7-5-4-6-8-17/h4-14H,1-3H3,(H,25,26)(H,22,23,24). The van der Waals surface area contributed by atoms with Crippen LogP contribution >= 0.6 is 0 Å². The van der Waals surface area contributed by atoms with Crippen LogP contribution < -0.4 is 15.4 Å². The van der Waals surface area contributed by atoms with Gasteiger partial charge < -0.3 is 15.4 Å². The molecule has 0 aliphatic carbocycles. The summed E-state index contributed by atoms with van der Waals surface area (Å²) < 4.78 is 5.76. The molecule has 0 fully saturated rings. The third-order valence-corrected chi connectivity index (χ3v) is 3.49. The Morgan fingerprint density at radius 3 is 2.07 bits per heavy atom. The van der Waals surface area contributed by atoms with E-state index >= 15 is 0 Å². The van der Waals surface area contributed by atoms with Crippen molar-refractivity contribution >= 4 is 17.5 Å². The minimum Gasteiger partial charge on any atom is -0.457 e. The SMILES string of the molecule is CC(C)(C)NC(=O)c1cnc(Nc2ccc(Oc3ccccc3)cc2)nc1. The Balaban J connectivity index is 1.61. The van der Waals surface area contributed by atoms with E-state index in [0.29, 0.717) is 11.5 Å². The Bertz CT molecular complexity index is 886. The third kappa shape index (κ3) is 5.54. The van der Waals surface area contributed by atoms with Crippen LogP contribution in [0.1, 0.15) is 31.1 Å². The smallest absolute Gasteiger partial charge is 0.254 e. The maximum atomic E-state index is 12.1. The van der Waals surface area contributed by atoms with Crippen LogP contribution in [0.25, 0.3) is 0 Å². The highest BCUT2D eigenvalue weighted by Gasteiger charge is 2.15. The number of nitrogens with zero attached hydrogens (tertiary/aromatic N) is 2. The number of hydrogen-bond donors (Lipinski definition) is 2. The molecule has 0 aliphatic rings. The zero-order chi connectivity index (χ0) is 19.3. The molecule has 0 saturated carbocycles. The molecule has 0 aliphatic heterocycles. The van der Waals surface area contributed by atoms with Crippen molar-refractivity contribution in [2.75, 3.05) is 5.32 Å². The van der Waals surface area contributed by atoms with Crippen LogP contribution in [0.5, 0.6) is 11.5 Å². The minimum absolute atomic E-state index is 0.198. The van der Waals surface area contributed by atoms with Gasteiger partial charge in [0, 0.05) is 23.6 Å². The summed E-state index contributed by atoms with van der Waals surface area (Å²) in [5.41, 5.74) is 0.932. The van der Waals surface area contributed by atoms with E-state index in [1.165, 1.54) is 12.4 Å². The van der Waals surface area contributed by atoms with Crippen molar-refractivity contribution in [3.63, 3.8) is 0 Å². The predicted molar refractivity (Wildman–Crippen MR) is 105 cm³/mol. The highest BCUT2D eigenvalue weighted by Crippen LogP contribution is 2.23. The second-order valence-electron chi connectivity index (χ2n) is 7.06. The molecule has 3 aromatic rings. The Hall–Kier alpha value is -3.41. The van der Waals surface area contributed by atoms with Crippen LogP contribution in [0.3, 0.4) is 0 Å². The van der Waals surface area contributed by atoms with Crippen LogP contribution in [0.15, 0.2) is 67.0 Å². The van der Waals surface area contributed by atoms with Crippen LogP contribution in [-0.2, 0) is 0 Å². The van der Waals surface area contributed by atoms with Crippen LogP contribution in [0.2, 0.25) is 0 Å². The van der Waals surface area contributed by atoms with Gasteiger partial charge in [-0.2, -0.15) is 0 Å². The maximum absolute atomic E-state index is 12.1. The molecule has 2 N–H and O–H groups in total. The summed E-state index contributed by atoms with van der Waals surface area (Å²) in [6.07, 6.45) is 3.01. The Kier molecular flexibility index (Phi) is 5.35. The van der Waals surface area contributed by atoms with Crippen molar-refractivity contribution < 1.29 is 9.53 Å². The summed E-state index contributed by atoms with van der Waals surface area (Å²) in [6.45, 7) is 5.77. The van der Waals surface area contributed by atoms with Gasteiger partial charge in [-0.1, -0.05) is 18.2 Å². The summed E-state index contributed by atoms with van der Waals surface area (Å²) in [4.78, 5) is 20.5. The molecule has 0 saturated heterocycles. The lowest BCUT2D eigenvalue weighted by Crippen LogP contribution is -2.40. The molecule has 27 heavy (non-hydrogen) atoms. The first-order valence-electron chi connectivity index (χ1n) is 8.64. The topological polar surface area (TPSA) is 76.1 Å². The van der Waals surface area contributed by atoms with E-state index in [1.807, 2.05) is 75.4 Å². The predicted octanol–water partition coefficient (Wildman–Crippen LogP) is 4.54. The monoisotopic (exact) mass is 362 g/mol. The van der Waals surface area contributed by atoms with Crippen molar-refractivity contribution in [3.8, 4) is 11.5 Å².